The van der Waals surface area contributed by atoms with Crippen LogP contribution in [0.15, 0.2) is 24.3 Å². The van der Waals surface area contributed by atoms with E-state index in [1.807, 2.05) is 4.90 Å². The minimum atomic E-state index is -0.578. The Hall–Kier alpha value is -1.42. The number of amides is 1. The molecule has 0 bridgehead atoms. The van der Waals surface area contributed by atoms with Gasteiger partial charge in [-0.25, -0.2) is 4.39 Å². The van der Waals surface area contributed by atoms with Gasteiger partial charge in [0.1, 0.15) is 5.82 Å². The molecule has 2 aliphatic rings. The summed E-state index contributed by atoms with van der Waals surface area (Å²) in [5.74, 6) is 0.730. The highest BCUT2D eigenvalue weighted by molar-refractivity contribution is 5.83. The first-order chi connectivity index (χ1) is 11.9. The van der Waals surface area contributed by atoms with Gasteiger partial charge in [-0.15, -0.1) is 0 Å². The first-order valence-corrected chi connectivity index (χ1v) is 9.64. The SMILES string of the molecule is CC(C)CC1(C(=O)N2CCC(C(O)c3ccc(F)cc3)CC2)CCC1. The fourth-order valence-electron chi connectivity index (χ4n) is 4.58. The largest absolute Gasteiger partial charge is 0.388 e. The van der Waals surface area contributed by atoms with Crippen LogP contribution < -0.4 is 0 Å². The Labute approximate surface area is 150 Å². The van der Waals surface area contributed by atoms with E-state index in [1.165, 1.54) is 12.1 Å². The zero-order valence-electron chi connectivity index (χ0n) is 15.4. The van der Waals surface area contributed by atoms with E-state index in [1.54, 1.807) is 12.1 Å². The topological polar surface area (TPSA) is 40.5 Å². The number of aliphatic hydroxyl groups excluding tert-OH is 1. The van der Waals surface area contributed by atoms with Crippen LogP contribution in [-0.2, 0) is 4.79 Å². The van der Waals surface area contributed by atoms with Gasteiger partial charge in [0.15, 0.2) is 0 Å². The molecule has 0 spiro atoms. The first-order valence-electron chi connectivity index (χ1n) is 9.64. The van der Waals surface area contributed by atoms with Gasteiger partial charge in [-0.3, -0.25) is 4.79 Å². The number of carbonyl (C=O) groups excluding carboxylic acids is 1. The van der Waals surface area contributed by atoms with Crippen LogP contribution in [0.3, 0.4) is 0 Å². The van der Waals surface area contributed by atoms with Crippen LogP contribution in [0.5, 0.6) is 0 Å². The molecule has 1 aliphatic heterocycles. The van der Waals surface area contributed by atoms with Crippen LogP contribution in [0, 0.1) is 23.1 Å². The van der Waals surface area contributed by atoms with Gasteiger partial charge in [0.25, 0.3) is 0 Å². The van der Waals surface area contributed by atoms with Crippen molar-refractivity contribution in [1.82, 2.24) is 4.90 Å². The smallest absolute Gasteiger partial charge is 0.228 e. The highest BCUT2D eigenvalue weighted by Gasteiger charge is 2.46. The second kappa shape index (κ2) is 7.45. The standard InChI is InChI=1S/C21H30FNO2/c1-15(2)14-21(10-3-11-21)20(25)23-12-8-17(9-13-23)19(24)16-4-6-18(22)7-5-16/h4-7,15,17,19,24H,3,8-14H2,1-2H3. The number of benzene rings is 1. The molecule has 1 saturated heterocycles. The number of hydrogen-bond donors (Lipinski definition) is 1. The van der Waals surface area contributed by atoms with Crippen LogP contribution in [0.1, 0.15) is 64.0 Å². The van der Waals surface area contributed by atoms with Gasteiger partial charge >= 0.3 is 0 Å². The third kappa shape index (κ3) is 3.89. The van der Waals surface area contributed by atoms with Crippen LogP contribution in [-0.4, -0.2) is 29.0 Å². The van der Waals surface area contributed by atoms with Gasteiger partial charge in [0, 0.05) is 18.5 Å². The fourth-order valence-corrected chi connectivity index (χ4v) is 4.58. The summed E-state index contributed by atoms with van der Waals surface area (Å²) in [5.41, 5.74) is 0.651. The second-order valence-electron chi connectivity index (χ2n) is 8.36. The first kappa shape index (κ1) is 18.4. The van der Waals surface area contributed by atoms with Gasteiger partial charge in [-0.05, 0) is 61.6 Å². The molecule has 1 amide bonds. The molecule has 1 aromatic rings. The summed E-state index contributed by atoms with van der Waals surface area (Å²) >= 11 is 0. The Kier molecular flexibility index (Phi) is 5.47. The third-order valence-electron chi connectivity index (χ3n) is 6.05. The molecule has 1 unspecified atom stereocenters. The molecule has 0 radical (unpaired) electrons. The molecule has 3 rings (SSSR count). The van der Waals surface area contributed by atoms with Gasteiger partial charge in [0.05, 0.1) is 6.10 Å². The predicted molar refractivity (Wildman–Crippen MR) is 96.4 cm³/mol. The molecule has 1 heterocycles. The quantitative estimate of drug-likeness (QED) is 0.862. The number of halogens is 1. The fraction of sp³-hybridized carbons (Fsp3) is 0.667. The Bertz CT molecular complexity index is 586. The third-order valence-corrected chi connectivity index (χ3v) is 6.05. The van der Waals surface area contributed by atoms with Crippen molar-refractivity contribution in [1.29, 1.82) is 0 Å². The van der Waals surface area contributed by atoms with Crippen molar-refractivity contribution in [2.75, 3.05) is 13.1 Å². The minimum Gasteiger partial charge on any atom is -0.388 e. The van der Waals surface area contributed by atoms with E-state index in [9.17, 15) is 14.3 Å². The van der Waals surface area contributed by atoms with E-state index in [-0.39, 0.29) is 17.2 Å². The lowest BCUT2D eigenvalue weighted by molar-refractivity contribution is -0.151. The van der Waals surface area contributed by atoms with Crippen molar-refractivity contribution in [3.63, 3.8) is 0 Å². The molecule has 138 valence electrons. The minimum absolute atomic E-state index is 0.115. The number of nitrogens with zero attached hydrogens (tertiary/aromatic N) is 1. The molecule has 2 fully saturated rings. The number of carbonyl (C=O) groups is 1. The molecule has 0 aromatic heterocycles. The van der Waals surface area contributed by atoms with E-state index in [2.05, 4.69) is 13.8 Å². The van der Waals surface area contributed by atoms with E-state index in [0.29, 0.717) is 11.8 Å². The maximum absolute atomic E-state index is 13.0. The molecular formula is C21H30FNO2. The number of rotatable bonds is 5. The van der Waals surface area contributed by atoms with Gasteiger partial charge < -0.3 is 10.0 Å². The molecule has 1 saturated carbocycles. The summed E-state index contributed by atoms with van der Waals surface area (Å²) in [7, 11) is 0. The molecule has 1 aliphatic carbocycles. The number of aliphatic hydroxyl groups is 1. The van der Waals surface area contributed by atoms with Crippen molar-refractivity contribution in [2.45, 2.75) is 58.5 Å². The predicted octanol–water partition coefficient (Wildman–Crippen LogP) is 4.31. The number of hydrogen-bond acceptors (Lipinski definition) is 2. The summed E-state index contributed by atoms with van der Waals surface area (Å²) in [6.07, 6.45) is 5.25. The van der Waals surface area contributed by atoms with Gasteiger partial charge in [0.2, 0.25) is 5.91 Å². The normalized spacial score (nSPS) is 21.9. The van der Waals surface area contributed by atoms with E-state index in [4.69, 9.17) is 0 Å². The van der Waals surface area contributed by atoms with Crippen molar-refractivity contribution >= 4 is 5.91 Å². The summed E-state index contributed by atoms with van der Waals surface area (Å²) in [5, 5.41) is 10.6. The summed E-state index contributed by atoms with van der Waals surface area (Å²) < 4.78 is 13.0. The Balaban J connectivity index is 1.58. The van der Waals surface area contributed by atoms with Crippen LogP contribution in [0.4, 0.5) is 4.39 Å². The molecule has 25 heavy (non-hydrogen) atoms. The average molecular weight is 347 g/mol. The van der Waals surface area contributed by atoms with Crippen LogP contribution >= 0.6 is 0 Å². The van der Waals surface area contributed by atoms with Gasteiger partial charge in [-0.2, -0.15) is 0 Å². The molecule has 1 atom stereocenters. The monoisotopic (exact) mass is 347 g/mol. The maximum atomic E-state index is 13.0. The van der Waals surface area contributed by atoms with E-state index in [0.717, 1.165) is 57.2 Å². The number of likely N-dealkylation sites (tertiary alicyclic amines) is 1. The van der Waals surface area contributed by atoms with E-state index < -0.39 is 6.10 Å². The Morgan fingerprint density at radius 1 is 1.24 bits per heavy atom. The summed E-state index contributed by atoms with van der Waals surface area (Å²) in [6.45, 7) is 5.83. The highest BCUT2D eigenvalue weighted by Crippen LogP contribution is 2.48. The second-order valence-corrected chi connectivity index (χ2v) is 8.36. The van der Waals surface area contributed by atoms with Crippen LogP contribution in [0.25, 0.3) is 0 Å². The van der Waals surface area contributed by atoms with Gasteiger partial charge in [-0.1, -0.05) is 32.4 Å². The molecule has 1 N–H and O–H groups in total. The Morgan fingerprint density at radius 3 is 2.32 bits per heavy atom. The molecule has 4 heteroatoms. The van der Waals surface area contributed by atoms with Crippen molar-refractivity contribution in [2.24, 2.45) is 17.3 Å². The van der Waals surface area contributed by atoms with Crippen molar-refractivity contribution in [3.05, 3.63) is 35.6 Å². The molecule has 1 aromatic carbocycles. The average Bonchev–Trinajstić information content (AvgIpc) is 2.57. The lowest BCUT2D eigenvalue weighted by Gasteiger charge is -2.46. The lowest BCUT2D eigenvalue weighted by Crippen LogP contribution is -2.51. The van der Waals surface area contributed by atoms with Crippen molar-refractivity contribution < 1.29 is 14.3 Å². The number of piperidine rings is 1. The molecule has 3 nitrogen and oxygen atoms in total. The summed E-state index contributed by atoms with van der Waals surface area (Å²) in [4.78, 5) is 15.1. The van der Waals surface area contributed by atoms with Crippen molar-refractivity contribution in [3.8, 4) is 0 Å². The van der Waals surface area contributed by atoms with Crippen LogP contribution in [0.2, 0.25) is 0 Å². The lowest BCUT2D eigenvalue weighted by atomic mass is 9.63. The van der Waals surface area contributed by atoms with E-state index >= 15 is 0 Å². The molecular weight excluding hydrogens is 317 g/mol. The summed E-state index contributed by atoms with van der Waals surface area (Å²) in [6, 6.07) is 6.10. The Morgan fingerprint density at radius 2 is 1.84 bits per heavy atom. The zero-order chi connectivity index (χ0) is 18.0. The highest BCUT2D eigenvalue weighted by atomic mass is 19.1. The zero-order valence-corrected chi connectivity index (χ0v) is 15.4. The maximum Gasteiger partial charge on any atom is 0.228 e.